The van der Waals surface area contributed by atoms with Crippen LogP contribution in [0.5, 0.6) is 0 Å². The summed E-state index contributed by atoms with van der Waals surface area (Å²) in [5.41, 5.74) is 2.39. The third-order valence-corrected chi connectivity index (χ3v) is 4.63. The Labute approximate surface area is 135 Å². The Kier molecular flexibility index (Phi) is 6.29. The topological polar surface area (TPSA) is 32.3 Å². The molecular weight excluding hydrogens is 272 g/mol. The molecule has 3 nitrogen and oxygen atoms in total. The number of aryl methyl sites for hydroxylation is 1. The lowest BCUT2D eigenvalue weighted by molar-refractivity contribution is -0.135. The number of benzene rings is 1. The number of carbonyl (C=O) groups is 1. The quantitative estimate of drug-likeness (QED) is 0.853. The summed E-state index contributed by atoms with van der Waals surface area (Å²) in [6.07, 6.45) is 6.88. The number of carbonyl (C=O) groups excluding carboxylic acids is 1. The van der Waals surface area contributed by atoms with E-state index in [4.69, 9.17) is 0 Å². The number of amides is 1. The molecule has 122 valence electrons. The van der Waals surface area contributed by atoms with Crippen LogP contribution in [-0.2, 0) is 11.2 Å². The van der Waals surface area contributed by atoms with Crippen molar-refractivity contribution in [2.75, 3.05) is 11.9 Å². The van der Waals surface area contributed by atoms with Crippen LogP contribution in [0, 0.1) is 0 Å². The first kappa shape index (κ1) is 16.9. The summed E-state index contributed by atoms with van der Waals surface area (Å²) in [4.78, 5) is 14.8. The summed E-state index contributed by atoms with van der Waals surface area (Å²) in [5.74, 6) is 0.240. The van der Waals surface area contributed by atoms with Gasteiger partial charge in [0.1, 0.15) is 6.04 Å². The minimum Gasteiger partial charge on any atom is -0.374 e. The highest BCUT2D eigenvalue weighted by Gasteiger charge is 2.28. The zero-order valence-corrected chi connectivity index (χ0v) is 14.3. The van der Waals surface area contributed by atoms with E-state index in [1.165, 1.54) is 12.0 Å². The largest absolute Gasteiger partial charge is 0.374 e. The predicted octanol–water partition coefficient (Wildman–Crippen LogP) is 4.23. The van der Waals surface area contributed by atoms with Gasteiger partial charge < -0.3 is 10.2 Å². The summed E-state index contributed by atoms with van der Waals surface area (Å²) in [5, 5.41) is 3.36. The molecule has 1 fully saturated rings. The van der Waals surface area contributed by atoms with E-state index in [2.05, 4.69) is 48.3 Å². The number of nitrogens with zero attached hydrogens (tertiary/aromatic N) is 1. The lowest BCUT2D eigenvalue weighted by atomic mass is 9.99. The van der Waals surface area contributed by atoms with Gasteiger partial charge in [-0.25, -0.2) is 0 Å². The fraction of sp³-hybridized carbons (Fsp3) is 0.632. The maximum atomic E-state index is 12.7. The molecule has 0 aromatic heterocycles. The van der Waals surface area contributed by atoms with Crippen LogP contribution in [0.2, 0.25) is 0 Å². The monoisotopic (exact) mass is 302 g/mol. The first-order valence-electron chi connectivity index (χ1n) is 8.81. The molecule has 22 heavy (non-hydrogen) atoms. The zero-order valence-electron chi connectivity index (χ0n) is 14.3. The molecule has 1 saturated heterocycles. The summed E-state index contributed by atoms with van der Waals surface area (Å²) in [6, 6.07) is 8.74. The van der Waals surface area contributed by atoms with Crippen molar-refractivity contribution in [1.82, 2.24) is 4.90 Å². The Morgan fingerprint density at radius 2 is 2.00 bits per heavy atom. The number of hydrogen-bond donors (Lipinski definition) is 1. The molecule has 1 aromatic carbocycles. The van der Waals surface area contributed by atoms with Crippen LogP contribution >= 0.6 is 0 Å². The molecule has 1 N–H and O–H groups in total. The average Bonchev–Trinajstić information content (AvgIpc) is 2.56. The van der Waals surface area contributed by atoms with E-state index < -0.39 is 0 Å². The van der Waals surface area contributed by atoms with Gasteiger partial charge in [0, 0.05) is 18.3 Å². The van der Waals surface area contributed by atoms with Crippen LogP contribution in [-0.4, -0.2) is 29.4 Å². The number of anilines is 1. The highest BCUT2D eigenvalue weighted by molar-refractivity contribution is 5.84. The smallest absolute Gasteiger partial charge is 0.245 e. The Bertz CT molecular complexity index is 469. The molecule has 0 aliphatic carbocycles. The molecule has 1 amide bonds. The molecule has 0 saturated carbocycles. The van der Waals surface area contributed by atoms with Crippen molar-refractivity contribution in [3.05, 3.63) is 29.8 Å². The highest BCUT2D eigenvalue weighted by atomic mass is 16.2. The number of hydrogen-bond acceptors (Lipinski definition) is 2. The van der Waals surface area contributed by atoms with Crippen LogP contribution in [0.25, 0.3) is 0 Å². The van der Waals surface area contributed by atoms with Crippen molar-refractivity contribution in [3.8, 4) is 0 Å². The molecule has 3 heteroatoms. The third kappa shape index (κ3) is 4.25. The molecule has 2 unspecified atom stereocenters. The van der Waals surface area contributed by atoms with Gasteiger partial charge in [-0.3, -0.25) is 4.79 Å². The van der Waals surface area contributed by atoms with Gasteiger partial charge in [0.05, 0.1) is 0 Å². The van der Waals surface area contributed by atoms with Gasteiger partial charge in [-0.05, 0) is 56.7 Å². The van der Waals surface area contributed by atoms with Gasteiger partial charge in [0.15, 0.2) is 0 Å². The van der Waals surface area contributed by atoms with E-state index in [1.807, 2.05) is 6.92 Å². The lowest BCUT2D eigenvalue weighted by Crippen LogP contribution is -2.49. The average molecular weight is 302 g/mol. The molecule has 2 rings (SSSR count). The Hall–Kier alpha value is -1.51. The van der Waals surface area contributed by atoms with Crippen LogP contribution < -0.4 is 5.32 Å². The first-order valence-corrected chi connectivity index (χ1v) is 8.81. The van der Waals surface area contributed by atoms with Gasteiger partial charge in [-0.1, -0.05) is 32.4 Å². The molecule has 0 spiro atoms. The van der Waals surface area contributed by atoms with Crippen LogP contribution in [0.1, 0.15) is 58.4 Å². The minimum atomic E-state index is -0.163. The van der Waals surface area contributed by atoms with E-state index in [1.54, 1.807) is 0 Å². The van der Waals surface area contributed by atoms with Crippen LogP contribution in [0.15, 0.2) is 24.3 Å². The maximum Gasteiger partial charge on any atom is 0.245 e. The molecule has 1 heterocycles. The van der Waals surface area contributed by atoms with E-state index in [0.29, 0.717) is 6.04 Å². The van der Waals surface area contributed by atoms with Crippen molar-refractivity contribution in [3.63, 3.8) is 0 Å². The molecular formula is C19H30N2O. The highest BCUT2D eigenvalue weighted by Crippen LogP contribution is 2.21. The van der Waals surface area contributed by atoms with Gasteiger partial charge in [0.2, 0.25) is 5.91 Å². The van der Waals surface area contributed by atoms with Gasteiger partial charge >= 0.3 is 0 Å². The number of rotatable bonds is 6. The second kappa shape index (κ2) is 8.21. The molecule has 0 radical (unpaired) electrons. The summed E-state index contributed by atoms with van der Waals surface area (Å²) in [6.45, 7) is 7.26. The SMILES string of the molecule is CCCc1ccc(NC(C)C(=O)N2CCCCC2CC)cc1. The minimum absolute atomic E-state index is 0.163. The second-order valence-corrected chi connectivity index (χ2v) is 6.40. The van der Waals surface area contributed by atoms with Crippen molar-refractivity contribution in [2.45, 2.75) is 71.4 Å². The van der Waals surface area contributed by atoms with Crippen LogP contribution in [0.4, 0.5) is 5.69 Å². The number of nitrogens with one attached hydrogen (secondary N) is 1. The van der Waals surface area contributed by atoms with Crippen molar-refractivity contribution >= 4 is 11.6 Å². The van der Waals surface area contributed by atoms with Crippen molar-refractivity contribution in [2.24, 2.45) is 0 Å². The number of piperidine rings is 1. The normalized spacial score (nSPS) is 19.8. The Morgan fingerprint density at radius 1 is 1.27 bits per heavy atom. The van der Waals surface area contributed by atoms with E-state index in [9.17, 15) is 4.79 Å². The predicted molar refractivity (Wildman–Crippen MR) is 93.2 cm³/mol. The van der Waals surface area contributed by atoms with Gasteiger partial charge in [-0.15, -0.1) is 0 Å². The summed E-state index contributed by atoms with van der Waals surface area (Å²) < 4.78 is 0. The van der Waals surface area contributed by atoms with Crippen LogP contribution in [0.3, 0.4) is 0 Å². The molecule has 1 aliphatic heterocycles. The van der Waals surface area contributed by atoms with E-state index in [-0.39, 0.29) is 11.9 Å². The van der Waals surface area contributed by atoms with Gasteiger partial charge in [0.25, 0.3) is 0 Å². The first-order chi connectivity index (χ1) is 10.7. The Balaban J connectivity index is 1.95. The van der Waals surface area contributed by atoms with Gasteiger partial charge in [-0.2, -0.15) is 0 Å². The van der Waals surface area contributed by atoms with E-state index >= 15 is 0 Å². The standard InChI is InChI=1S/C19H30N2O/c1-4-8-16-10-12-17(13-11-16)20-15(3)19(22)21-14-7-6-9-18(21)5-2/h10-13,15,18,20H,4-9,14H2,1-3H3. The molecule has 1 aromatic rings. The third-order valence-electron chi connectivity index (χ3n) is 4.63. The lowest BCUT2D eigenvalue weighted by Gasteiger charge is -2.37. The van der Waals surface area contributed by atoms with E-state index in [0.717, 1.165) is 44.3 Å². The number of likely N-dealkylation sites (tertiary alicyclic amines) is 1. The fourth-order valence-electron chi connectivity index (χ4n) is 3.33. The molecule has 1 aliphatic rings. The molecule has 2 atom stereocenters. The maximum absolute atomic E-state index is 12.7. The van der Waals surface area contributed by atoms with Crippen molar-refractivity contribution < 1.29 is 4.79 Å². The zero-order chi connectivity index (χ0) is 15.9. The molecule has 0 bridgehead atoms. The summed E-state index contributed by atoms with van der Waals surface area (Å²) >= 11 is 0. The van der Waals surface area contributed by atoms with Crippen molar-refractivity contribution in [1.29, 1.82) is 0 Å². The Morgan fingerprint density at radius 3 is 2.64 bits per heavy atom. The summed E-state index contributed by atoms with van der Waals surface area (Å²) in [7, 11) is 0. The fourth-order valence-corrected chi connectivity index (χ4v) is 3.33. The second-order valence-electron chi connectivity index (χ2n) is 6.40.